The zero-order valence-corrected chi connectivity index (χ0v) is 17.4. The van der Waals surface area contributed by atoms with Gasteiger partial charge in [-0.1, -0.05) is 31.4 Å². The summed E-state index contributed by atoms with van der Waals surface area (Å²) in [5.74, 6) is 1.52. The standard InChI is InChI=1S/C23H29NO3S/c1-18-7-5-11-22(15-18)28(25,26)24-14-6-10-20-16-21(12-13-23(20)24)27-17-19-8-3-2-4-9-19/h5,7,11-13,15-16,19H,2-4,6,8-10,14,17H2,1H3. The first-order valence-corrected chi connectivity index (χ1v) is 11.8. The zero-order chi connectivity index (χ0) is 19.6. The molecule has 0 unspecified atom stereocenters. The van der Waals surface area contributed by atoms with Gasteiger partial charge in [-0.25, -0.2) is 8.42 Å². The highest BCUT2D eigenvalue weighted by atomic mass is 32.2. The second-order valence-electron chi connectivity index (χ2n) is 8.10. The highest BCUT2D eigenvalue weighted by Gasteiger charge is 2.29. The van der Waals surface area contributed by atoms with Crippen LogP contribution in [0, 0.1) is 12.8 Å². The van der Waals surface area contributed by atoms with Gasteiger partial charge < -0.3 is 4.74 Å². The summed E-state index contributed by atoms with van der Waals surface area (Å²) in [4.78, 5) is 0.359. The third kappa shape index (κ3) is 4.04. The van der Waals surface area contributed by atoms with Gasteiger partial charge in [0.1, 0.15) is 5.75 Å². The van der Waals surface area contributed by atoms with Gasteiger partial charge >= 0.3 is 0 Å². The van der Waals surface area contributed by atoms with E-state index in [-0.39, 0.29) is 0 Å². The van der Waals surface area contributed by atoms with Crippen LogP contribution in [-0.4, -0.2) is 21.6 Å². The van der Waals surface area contributed by atoms with Crippen molar-refractivity contribution in [2.24, 2.45) is 5.92 Å². The highest BCUT2D eigenvalue weighted by molar-refractivity contribution is 7.92. The molecular formula is C23H29NO3S. The molecular weight excluding hydrogens is 370 g/mol. The summed E-state index contributed by atoms with van der Waals surface area (Å²) in [6.07, 6.45) is 8.19. The minimum atomic E-state index is -3.55. The van der Waals surface area contributed by atoms with Crippen LogP contribution in [0.2, 0.25) is 0 Å². The van der Waals surface area contributed by atoms with Crippen molar-refractivity contribution in [1.82, 2.24) is 0 Å². The molecule has 1 fully saturated rings. The molecule has 5 heteroatoms. The smallest absolute Gasteiger partial charge is 0.264 e. The monoisotopic (exact) mass is 399 g/mol. The van der Waals surface area contributed by atoms with Gasteiger partial charge in [-0.15, -0.1) is 0 Å². The number of hydrogen-bond donors (Lipinski definition) is 0. The Morgan fingerprint density at radius 1 is 1.04 bits per heavy atom. The molecule has 2 aromatic carbocycles. The van der Waals surface area contributed by atoms with E-state index in [0.717, 1.165) is 42.0 Å². The second-order valence-corrected chi connectivity index (χ2v) is 9.97. The number of rotatable bonds is 5. The maximum absolute atomic E-state index is 13.2. The van der Waals surface area contributed by atoms with E-state index in [4.69, 9.17) is 4.74 Å². The number of fused-ring (bicyclic) bond motifs is 1. The summed E-state index contributed by atoms with van der Waals surface area (Å²) in [5.41, 5.74) is 2.80. The summed E-state index contributed by atoms with van der Waals surface area (Å²) in [5, 5.41) is 0. The van der Waals surface area contributed by atoms with Gasteiger partial charge in [0.05, 0.1) is 17.2 Å². The highest BCUT2D eigenvalue weighted by Crippen LogP contribution is 2.35. The van der Waals surface area contributed by atoms with E-state index in [1.807, 2.05) is 31.2 Å². The van der Waals surface area contributed by atoms with Crippen molar-refractivity contribution >= 4 is 15.7 Å². The largest absolute Gasteiger partial charge is 0.493 e. The molecule has 0 aromatic heterocycles. The topological polar surface area (TPSA) is 46.6 Å². The van der Waals surface area contributed by atoms with Gasteiger partial charge in [0.2, 0.25) is 0 Å². The van der Waals surface area contributed by atoms with E-state index < -0.39 is 10.0 Å². The first-order valence-electron chi connectivity index (χ1n) is 10.4. The predicted octanol–water partition coefficient (Wildman–Crippen LogP) is 5.10. The van der Waals surface area contributed by atoms with Crippen LogP contribution in [-0.2, 0) is 16.4 Å². The van der Waals surface area contributed by atoms with Gasteiger partial charge in [0.25, 0.3) is 10.0 Å². The number of sulfonamides is 1. The fourth-order valence-electron chi connectivity index (χ4n) is 4.35. The Labute approximate surface area is 168 Å². The predicted molar refractivity (Wildman–Crippen MR) is 113 cm³/mol. The Morgan fingerprint density at radius 3 is 2.64 bits per heavy atom. The quantitative estimate of drug-likeness (QED) is 0.703. The van der Waals surface area contributed by atoms with Gasteiger partial charge in [-0.3, -0.25) is 4.31 Å². The van der Waals surface area contributed by atoms with Crippen molar-refractivity contribution in [3.8, 4) is 5.75 Å². The van der Waals surface area contributed by atoms with Crippen LogP contribution in [0.25, 0.3) is 0 Å². The zero-order valence-electron chi connectivity index (χ0n) is 16.6. The summed E-state index contributed by atoms with van der Waals surface area (Å²) < 4.78 is 34.1. The lowest BCUT2D eigenvalue weighted by Crippen LogP contribution is -2.35. The first kappa shape index (κ1) is 19.3. The maximum Gasteiger partial charge on any atom is 0.264 e. The molecule has 0 bridgehead atoms. The molecule has 1 aliphatic heterocycles. The van der Waals surface area contributed by atoms with Gasteiger partial charge in [-0.05, 0) is 80.0 Å². The average molecular weight is 400 g/mol. The molecule has 2 aromatic rings. The summed E-state index contributed by atoms with van der Waals surface area (Å²) in [6, 6.07) is 13.0. The molecule has 1 aliphatic carbocycles. The Kier molecular flexibility index (Phi) is 5.63. The molecule has 150 valence electrons. The van der Waals surface area contributed by atoms with E-state index in [0.29, 0.717) is 17.4 Å². The number of aryl methyl sites for hydroxylation is 2. The van der Waals surface area contributed by atoms with Crippen molar-refractivity contribution in [3.63, 3.8) is 0 Å². The Balaban J connectivity index is 1.54. The molecule has 4 nitrogen and oxygen atoms in total. The fourth-order valence-corrected chi connectivity index (χ4v) is 6.00. The molecule has 0 saturated heterocycles. The lowest BCUT2D eigenvalue weighted by atomic mass is 9.90. The first-order chi connectivity index (χ1) is 13.5. The SMILES string of the molecule is Cc1cccc(S(=O)(=O)N2CCCc3cc(OCC4CCCCC4)ccc32)c1. The van der Waals surface area contributed by atoms with Crippen molar-refractivity contribution < 1.29 is 13.2 Å². The Bertz CT molecular complexity index is 933. The molecule has 28 heavy (non-hydrogen) atoms. The number of hydrogen-bond acceptors (Lipinski definition) is 3. The number of anilines is 1. The average Bonchev–Trinajstić information content (AvgIpc) is 2.72. The van der Waals surface area contributed by atoms with E-state index in [1.54, 1.807) is 22.5 Å². The lowest BCUT2D eigenvalue weighted by molar-refractivity contribution is 0.208. The van der Waals surface area contributed by atoms with Crippen LogP contribution in [0.1, 0.15) is 49.7 Å². The van der Waals surface area contributed by atoms with Crippen LogP contribution in [0.4, 0.5) is 5.69 Å². The van der Waals surface area contributed by atoms with Crippen LogP contribution in [0.5, 0.6) is 5.75 Å². The molecule has 2 aliphatic rings. The van der Waals surface area contributed by atoms with E-state index in [2.05, 4.69) is 0 Å². The molecule has 0 amide bonds. The molecule has 0 atom stereocenters. The Morgan fingerprint density at radius 2 is 1.86 bits per heavy atom. The van der Waals surface area contributed by atoms with E-state index in [1.165, 1.54) is 32.1 Å². The molecule has 0 spiro atoms. The number of benzene rings is 2. The van der Waals surface area contributed by atoms with Crippen molar-refractivity contribution in [3.05, 3.63) is 53.6 Å². The minimum absolute atomic E-state index is 0.359. The van der Waals surface area contributed by atoms with Crippen molar-refractivity contribution in [2.75, 3.05) is 17.5 Å². The van der Waals surface area contributed by atoms with Crippen LogP contribution >= 0.6 is 0 Å². The molecule has 4 rings (SSSR count). The van der Waals surface area contributed by atoms with Gasteiger partial charge in [0.15, 0.2) is 0 Å². The van der Waals surface area contributed by atoms with E-state index in [9.17, 15) is 8.42 Å². The van der Waals surface area contributed by atoms with E-state index >= 15 is 0 Å². The summed E-state index contributed by atoms with van der Waals surface area (Å²) in [7, 11) is -3.55. The minimum Gasteiger partial charge on any atom is -0.493 e. The molecule has 0 radical (unpaired) electrons. The van der Waals surface area contributed by atoms with Crippen LogP contribution < -0.4 is 9.04 Å². The lowest BCUT2D eigenvalue weighted by Gasteiger charge is -2.31. The fraction of sp³-hybridized carbons (Fsp3) is 0.478. The molecule has 1 saturated carbocycles. The van der Waals surface area contributed by atoms with Gasteiger partial charge in [0, 0.05) is 6.54 Å². The third-order valence-electron chi connectivity index (χ3n) is 5.91. The van der Waals surface area contributed by atoms with Crippen LogP contribution in [0.3, 0.4) is 0 Å². The number of nitrogens with zero attached hydrogens (tertiary/aromatic N) is 1. The Hall–Kier alpha value is -2.01. The maximum atomic E-state index is 13.2. The number of ether oxygens (including phenoxy) is 1. The molecule has 0 N–H and O–H groups in total. The third-order valence-corrected chi connectivity index (χ3v) is 7.72. The van der Waals surface area contributed by atoms with Crippen molar-refractivity contribution in [2.45, 2.75) is 56.8 Å². The summed E-state index contributed by atoms with van der Waals surface area (Å²) in [6.45, 7) is 3.20. The second kappa shape index (κ2) is 8.16. The van der Waals surface area contributed by atoms with Gasteiger partial charge in [-0.2, -0.15) is 0 Å². The van der Waals surface area contributed by atoms with Crippen LogP contribution in [0.15, 0.2) is 47.4 Å². The summed E-state index contributed by atoms with van der Waals surface area (Å²) >= 11 is 0. The molecule has 1 heterocycles. The van der Waals surface area contributed by atoms with Crippen molar-refractivity contribution in [1.29, 1.82) is 0 Å². The normalized spacial score (nSPS) is 18.0.